The molecule has 0 fully saturated rings. The van der Waals surface area contributed by atoms with Crippen molar-refractivity contribution >= 4 is 0 Å². The summed E-state index contributed by atoms with van der Waals surface area (Å²) in [7, 11) is 0. The van der Waals surface area contributed by atoms with Crippen LogP contribution in [0.15, 0.2) is 212 Å². The summed E-state index contributed by atoms with van der Waals surface area (Å²) >= 11 is 0. The molecule has 10 aromatic rings. The fourth-order valence-electron chi connectivity index (χ4n) is 10.8. The molecule has 0 spiro atoms. The topological polar surface area (TPSA) is 57.1 Å². The monoisotopic (exact) mass is 847 g/mol. The van der Waals surface area contributed by atoms with Crippen molar-refractivity contribution in [3.8, 4) is 90.5 Å². The summed E-state index contributed by atoms with van der Waals surface area (Å²) in [6.45, 7) is 4.59. The van der Waals surface area contributed by atoms with Gasteiger partial charge in [-0.3, -0.25) is 0 Å². The highest BCUT2D eigenvalue weighted by Crippen LogP contribution is 2.60. The Labute approximate surface area is 383 Å². The van der Waals surface area contributed by atoms with Crippen molar-refractivity contribution in [2.45, 2.75) is 24.7 Å². The number of hydrogen-bond donors (Lipinski definition) is 0. The van der Waals surface area contributed by atoms with Crippen LogP contribution in [0.1, 0.15) is 47.2 Å². The number of ether oxygens (including phenoxy) is 2. The average molecular weight is 848 g/mol. The lowest BCUT2D eigenvalue weighted by atomic mass is 9.67. The minimum atomic E-state index is -0.543. The highest BCUT2D eigenvalue weighted by Gasteiger charge is 2.47. The first-order valence-electron chi connectivity index (χ1n) is 22.5. The van der Waals surface area contributed by atoms with Crippen LogP contribution in [0.3, 0.4) is 0 Å². The van der Waals surface area contributed by atoms with E-state index in [1.165, 1.54) is 44.5 Å². The molecule has 1 aromatic heterocycles. The smallest absolute Gasteiger partial charge is 0.170 e. The maximum absolute atomic E-state index is 6.87. The zero-order valence-corrected chi connectivity index (χ0v) is 36.4. The lowest BCUT2D eigenvalue weighted by Gasteiger charge is -2.34. The van der Waals surface area contributed by atoms with Gasteiger partial charge in [0.1, 0.15) is 0 Å². The van der Waals surface area contributed by atoms with Crippen molar-refractivity contribution in [2.75, 3.05) is 0 Å². The highest BCUT2D eigenvalue weighted by atomic mass is 16.6. The number of hydrogen-bond acceptors (Lipinski definition) is 5. The first kappa shape index (κ1) is 38.1. The minimum absolute atomic E-state index is 0.162. The number of rotatable bonds is 6. The predicted molar refractivity (Wildman–Crippen MR) is 263 cm³/mol. The molecular weight excluding hydrogens is 807 g/mol. The van der Waals surface area contributed by atoms with Gasteiger partial charge in [0, 0.05) is 22.1 Å². The largest absolute Gasteiger partial charge is 0.450 e. The van der Waals surface area contributed by atoms with Gasteiger partial charge in [-0.05, 0) is 97.1 Å². The van der Waals surface area contributed by atoms with Gasteiger partial charge < -0.3 is 9.47 Å². The van der Waals surface area contributed by atoms with E-state index in [0.717, 1.165) is 38.9 Å². The normalized spacial score (nSPS) is 14.1. The Hall–Kier alpha value is -8.41. The molecule has 0 bridgehead atoms. The fraction of sp³-hybridized carbons (Fsp3) is 0.0656. The molecule has 0 saturated carbocycles. The van der Waals surface area contributed by atoms with Crippen molar-refractivity contribution < 1.29 is 9.47 Å². The summed E-state index contributed by atoms with van der Waals surface area (Å²) in [5.41, 5.74) is 16.2. The van der Waals surface area contributed by atoms with Crippen LogP contribution in [0.5, 0.6) is 23.0 Å². The third-order valence-corrected chi connectivity index (χ3v) is 13.9. The second-order valence-corrected chi connectivity index (χ2v) is 17.9. The SMILES string of the molecule is CC1(C)c2ccccc2-c2ccc(-c3nc(-c4ccccc4)nc(-c4ccccc4-c4ccc5c(c4)Oc4cc6c(cc4O5)C(c4ccccc4)(c4ccccc4)c4ccccc4-6)n3)cc21. The number of aromatic nitrogens is 3. The molecule has 66 heavy (non-hydrogen) atoms. The predicted octanol–water partition coefficient (Wildman–Crippen LogP) is 15.1. The molecule has 9 aromatic carbocycles. The zero-order chi connectivity index (χ0) is 44.0. The van der Waals surface area contributed by atoms with E-state index in [9.17, 15) is 0 Å². The first-order valence-corrected chi connectivity index (χ1v) is 22.5. The molecule has 13 rings (SSSR count). The van der Waals surface area contributed by atoms with Gasteiger partial charge >= 0.3 is 0 Å². The standard InChI is InChI=1S/C61H41N3O2/c1-60(2)49-28-16-14-25-44(49)46-32-30-40(34-51(46)60)58-62-57(38-18-6-3-7-19-38)63-59(64-58)47-27-13-12-24-43(47)39-31-33-53-54(35-39)66-55-36-48-45-26-15-17-29-50(45)61(41-20-8-4-9-21-41,42-22-10-5-11-23-42)52(48)37-56(55)65-53/h3-37H,1-2H3. The van der Waals surface area contributed by atoms with E-state index in [4.69, 9.17) is 24.4 Å². The van der Waals surface area contributed by atoms with Crippen LogP contribution in [0.25, 0.3) is 67.5 Å². The van der Waals surface area contributed by atoms with Gasteiger partial charge in [-0.1, -0.05) is 196 Å². The highest BCUT2D eigenvalue weighted by molar-refractivity contribution is 5.89. The lowest BCUT2D eigenvalue weighted by Crippen LogP contribution is -2.28. The van der Waals surface area contributed by atoms with E-state index in [1.54, 1.807) is 0 Å². The first-order chi connectivity index (χ1) is 32.4. The van der Waals surface area contributed by atoms with Gasteiger partial charge in [0.05, 0.1) is 5.41 Å². The van der Waals surface area contributed by atoms with Crippen LogP contribution in [0.4, 0.5) is 0 Å². The molecule has 0 amide bonds. The molecule has 2 aliphatic carbocycles. The van der Waals surface area contributed by atoms with Crippen molar-refractivity contribution in [2.24, 2.45) is 0 Å². The van der Waals surface area contributed by atoms with Gasteiger partial charge in [0.15, 0.2) is 40.5 Å². The third-order valence-electron chi connectivity index (χ3n) is 13.9. The van der Waals surface area contributed by atoms with Gasteiger partial charge in [0.25, 0.3) is 0 Å². The molecule has 5 nitrogen and oxygen atoms in total. The number of benzene rings is 9. The van der Waals surface area contributed by atoms with E-state index in [2.05, 4.69) is 184 Å². The van der Waals surface area contributed by atoms with E-state index in [1.807, 2.05) is 42.5 Å². The van der Waals surface area contributed by atoms with E-state index in [0.29, 0.717) is 40.5 Å². The second-order valence-electron chi connectivity index (χ2n) is 17.9. The summed E-state index contributed by atoms with van der Waals surface area (Å²) in [5.74, 6) is 4.48. The molecule has 0 radical (unpaired) electrons. The molecule has 2 heterocycles. The summed E-state index contributed by atoms with van der Waals surface area (Å²) in [6.07, 6.45) is 0. The summed E-state index contributed by atoms with van der Waals surface area (Å²) in [6, 6.07) is 74.6. The molecule has 0 N–H and O–H groups in total. The Morgan fingerprint density at radius 2 is 0.803 bits per heavy atom. The van der Waals surface area contributed by atoms with Crippen LogP contribution < -0.4 is 9.47 Å². The van der Waals surface area contributed by atoms with E-state index < -0.39 is 5.41 Å². The molecule has 1 aliphatic heterocycles. The van der Waals surface area contributed by atoms with Gasteiger partial charge in [-0.2, -0.15) is 0 Å². The minimum Gasteiger partial charge on any atom is -0.450 e. The van der Waals surface area contributed by atoms with E-state index >= 15 is 0 Å². The Morgan fingerprint density at radius 3 is 1.52 bits per heavy atom. The van der Waals surface area contributed by atoms with Crippen LogP contribution in [-0.2, 0) is 10.8 Å². The fourth-order valence-corrected chi connectivity index (χ4v) is 10.8. The quantitative estimate of drug-likeness (QED) is 0.167. The molecule has 0 unspecified atom stereocenters. The maximum atomic E-state index is 6.87. The van der Waals surface area contributed by atoms with Crippen LogP contribution in [0.2, 0.25) is 0 Å². The summed E-state index contributed by atoms with van der Waals surface area (Å²) < 4.78 is 13.7. The Kier molecular flexibility index (Phi) is 8.40. The molecule has 3 aliphatic rings. The number of nitrogens with zero attached hydrogens (tertiary/aromatic N) is 3. The van der Waals surface area contributed by atoms with Gasteiger partial charge in [0.2, 0.25) is 0 Å². The van der Waals surface area contributed by atoms with Crippen LogP contribution >= 0.6 is 0 Å². The Bertz CT molecular complexity index is 3530. The molecule has 312 valence electrons. The van der Waals surface area contributed by atoms with Gasteiger partial charge in [-0.25, -0.2) is 15.0 Å². The Morgan fingerprint density at radius 1 is 0.303 bits per heavy atom. The van der Waals surface area contributed by atoms with Crippen molar-refractivity contribution in [3.63, 3.8) is 0 Å². The average Bonchev–Trinajstić information content (AvgIpc) is 3.79. The maximum Gasteiger partial charge on any atom is 0.170 e. The lowest BCUT2D eigenvalue weighted by molar-refractivity contribution is 0.359. The van der Waals surface area contributed by atoms with Gasteiger partial charge in [-0.15, -0.1) is 0 Å². The molecule has 0 saturated heterocycles. The molecule has 5 heteroatoms. The Balaban J connectivity index is 0.907. The van der Waals surface area contributed by atoms with Crippen molar-refractivity contribution in [1.82, 2.24) is 15.0 Å². The van der Waals surface area contributed by atoms with Crippen molar-refractivity contribution in [1.29, 1.82) is 0 Å². The summed E-state index contributed by atoms with van der Waals surface area (Å²) in [5, 5.41) is 0. The van der Waals surface area contributed by atoms with Crippen LogP contribution in [0, 0.1) is 0 Å². The molecule has 0 atom stereocenters. The zero-order valence-electron chi connectivity index (χ0n) is 36.4. The van der Waals surface area contributed by atoms with Crippen LogP contribution in [-0.4, -0.2) is 15.0 Å². The van der Waals surface area contributed by atoms with E-state index in [-0.39, 0.29) is 5.41 Å². The summed E-state index contributed by atoms with van der Waals surface area (Å²) in [4.78, 5) is 15.5. The van der Waals surface area contributed by atoms with Crippen molar-refractivity contribution in [3.05, 3.63) is 246 Å². The second kappa shape index (κ2) is 14.6. The third kappa shape index (κ3) is 5.69. The molecular formula is C61H41N3O2. The number of fused-ring (bicyclic) bond motifs is 8.